The lowest BCUT2D eigenvalue weighted by atomic mass is 9.82. The summed E-state index contributed by atoms with van der Waals surface area (Å²) in [7, 11) is 1.25. The first-order valence-corrected chi connectivity index (χ1v) is 7.07. The van der Waals surface area contributed by atoms with Crippen molar-refractivity contribution in [2.75, 3.05) is 12.4 Å². The molecular formula is C16H15NO6. The van der Waals surface area contributed by atoms with Crippen LogP contribution in [0.4, 0.5) is 5.69 Å². The number of hydrogen-bond donors (Lipinski definition) is 2. The average Bonchev–Trinajstić information content (AvgIpc) is 3.15. The summed E-state index contributed by atoms with van der Waals surface area (Å²) >= 11 is 0. The third-order valence-corrected chi connectivity index (χ3v) is 4.08. The summed E-state index contributed by atoms with van der Waals surface area (Å²) in [4.78, 5) is 35.7. The third-order valence-electron chi connectivity index (χ3n) is 4.08. The number of benzene rings is 1. The molecule has 3 rings (SSSR count). The van der Waals surface area contributed by atoms with Gasteiger partial charge in [-0.15, -0.1) is 0 Å². The van der Waals surface area contributed by atoms with E-state index in [1.165, 1.54) is 13.2 Å². The van der Waals surface area contributed by atoms with Gasteiger partial charge in [0.25, 0.3) is 0 Å². The number of carbonyl (C=O) groups is 3. The lowest BCUT2D eigenvalue weighted by Crippen LogP contribution is -2.39. The first-order valence-electron chi connectivity index (χ1n) is 7.07. The summed E-state index contributed by atoms with van der Waals surface area (Å²) in [6.07, 6.45) is 2.20. The standard InChI is InChI=1S/C16H15NO6/c1-22-16(21)8-4-2-3-5-9(8)17-14(18)12-10-6-7-11(23-10)13(12)15(19)20/h2-7,10-13H,1H3,(H,17,18)(H,19,20)/t10-,11+,12-,13-/m0/s1. The number of carboxylic acid groups (broad SMARTS) is 1. The molecule has 1 aromatic rings. The van der Waals surface area contributed by atoms with Crippen LogP contribution in [0.1, 0.15) is 10.4 Å². The molecule has 0 radical (unpaired) electrons. The molecule has 1 saturated heterocycles. The van der Waals surface area contributed by atoms with Crippen LogP contribution in [-0.4, -0.2) is 42.3 Å². The van der Waals surface area contributed by atoms with E-state index < -0.39 is 41.9 Å². The van der Waals surface area contributed by atoms with Gasteiger partial charge in [0.15, 0.2) is 0 Å². The molecule has 1 fully saturated rings. The minimum atomic E-state index is -1.08. The number of amides is 1. The summed E-state index contributed by atoms with van der Waals surface area (Å²) < 4.78 is 10.1. The fourth-order valence-corrected chi connectivity index (χ4v) is 3.01. The second-order valence-corrected chi connectivity index (χ2v) is 5.37. The fraction of sp³-hybridized carbons (Fsp3) is 0.312. The van der Waals surface area contributed by atoms with Gasteiger partial charge in [0.1, 0.15) is 5.92 Å². The van der Waals surface area contributed by atoms with Crippen molar-refractivity contribution >= 4 is 23.5 Å². The number of para-hydroxylation sites is 1. The first kappa shape index (κ1) is 15.2. The lowest BCUT2D eigenvalue weighted by Gasteiger charge is -2.21. The van der Waals surface area contributed by atoms with Crippen LogP contribution in [0.2, 0.25) is 0 Å². The maximum atomic E-state index is 12.5. The van der Waals surface area contributed by atoms with Gasteiger partial charge in [-0.3, -0.25) is 9.59 Å². The van der Waals surface area contributed by atoms with Crippen molar-refractivity contribution in [3.63, 3.8) is 0 Å². The zero-order valence-electron chi connectivity index (χ0n) is 12.3. The quantitative estimate of drug-likeness (QED) is 0.636. The summed E-state index contributed by atoms with van der Waals surface area (Å²) in [5.41, 5.74) is 0.482. The highest BCUT2D eigenvalue weighted by atomic mass is 16.5. The van der Waals surface area contributed by atoms with Gasteiger partial charge in [-0.05, 0) is 12.1 Å². The minimum absolute atomic E-state index is 0.204. The van der Waals surface area contributed by atoms with E-state index in [1.807, 2.05) is 0 Å². The van der Waals surface area contributed by atoms with Crippen molar-refractivity contribution in [3.8, 4) is 0 Å². The SMILES string of the molecule is COC(=O)c1ccccc1NC(=O)[C@@H]1[C@@H](C(=O)O)[C@H]2C=C[C@@H]1O2. The van der Waals surface area contributed by atoms with Crippen molar-refractivity contribution in [3.05, 3.63) is 42.0 Å². The van der Waals surface area contributed by atoms with Gasteiger partial charge in [-0.25, -0.2) is 4.79 Å². The second-order valence-electron chi connectivity index (χ2n) is 5.37. The summed E-state index contributed by atoms with van der Waals surface area (Å²) in [6, 6.07) is 6.39. The van der Waals surface area contributed by atoms with Gasteiger partial charge in [-0.1, -0.05) is 24.3 Å². The van der Waals surface area contributed by atoms with Crippen LogP contribution in [0, 0.1) is 11.8 Å². The molecular weight excluding hydrogens is 302 g/mol. The van der Waals surface area contributed by atoms with E-state index in [0.717, 1.165) is 0 Å². The van der Waals surface area contributed by atoms with E-state index in [-0.39, 0.29) is 11.3 Å². The number of esters is 1. The molecule has 7 nitrogen and oxygen atoms in total. The van der Waals surface area contributed by atoms with E-state index in [2.05, 4.69) is 10.1 Å². The van der Waals surface area contributed by atoms with Crippen LogP contribution < -0.4 is 5.32 Å². The van der Waals surface area contributed by atoms with Crippen molar-refractivity contribution in [1.29, 1.82) is 0 Å². The predicted octanol–water partition coefficient (Wildman–Crippen LogP) is 1.07. The molecule has 4 atom stereocenters. The summed E-state index contributed by atoms with van der Waals surface area (Å²) in [5.74, 6) is -3.93. The highest BCUT2D eigenvalue weighted by Crippen LogP contribution is 2.40. The minimum Gasteiger partial charge on any atom is -0.481 e. The van der Waals surface area contributed by atoms with Crippen molar-refractivity contribution in [2.45, 2.75) is 12.2 Å². The average molecular weight is 317 g/mol. The van der Waals surface area contributed by atoms with Gasteiger partial charge in [0.2, 0.25) is 5.91 Å². The molecule has 0 saturated carbocycles. The van der Waals surface area contributed by atoms with Crippen LogP contribution in [0.15, 0.2) is 36.4 Å². The molecule has 2 aliphatic rings. The molecule has 0 spiro atoms. The van der Waals surface area contributed by atoms with Crippen LogP contribution in [-0.2, 0) is 19.1 Å². The fourth-order valence-electron chi connectivity index (χ4n) is 3.01. The molecule has 2 heterocycles. The van der Waals surface area contributed by atoms with Gasteiger partial charge in [-0.2, -0.15) is 0 Å². The second kappa shape index (κ2) is 5.85. The van der Waals surface area contributed by atoms with Crippen LogP contribution in [0.5, 0.6) is 0 Å². The highest BCUT2D eigenvalue weighted by Gasteiger charge is 2.53. The smallest absolute Gasteiger partial charge is 0.339 e. The maximum absolute atomic E-state index is 12.5. The molecule has 23 heavy (non-hydrogen) atoms. The van der Waals surface area contributed by atoms with Crippen LogP contribution in [0.3, 0.4) is 0 Å². The number of nitrogens with one attached hydrogen (secondary N) is 1. The molecule has 2 N–H and O–H groups in total. The number of anilines is 1. The maximum Gasteiger partial charge on any atom is 0.339 e. The Labute approximate surface area is 131 Å². The molecule has 1 amide bonds. The van der Waals surface area contributed by atoms with Gasteiger partial charge < -0.3 is 19.9 Å². The molecule has 120 valence electrons. The number of carbonyl (C=O) groups excluding carboxylic acids is 2. The Morgan fingerprint density at radius 3 is 2.43 bits per heavy atom. The zero-order chi connectivity index (χ0) is 16.6. The molecule has 2 aliphatic heterocycles. The number of ether oxygens (including phenoxy) is 2. The van der Waals surface area contributed by atoms with Gasteiger partial charge in [0, 0.05) is 0 Å². The van der Waals surface area contributed by atoms with Crippen molar-refractivity contribution in [2.24, 2.45) is 11.8 Å². The highest BCUT2D eigenvalue weighted by molar-refractivity contribution is 6.03. The number of rotatable bonds is 4. The number of methoxy groups -OCH3 is 1. The Hall–Kier alpha value is -2.67. The van der Waals surface area contributed by atoms with Crippen molar-refractivity contribution in [1.82, 2.24) is 0 Å². The van der Waals surface area contributed by atoms with Crippen molar-refractivity contribution < 1.29 is 29.0 Å². The Bertz CT molecular complexity index is 698. The Kier molecular flexibility index (Phi) is 3.87. The van der Waals surface area contributed by atoms with Crippen LogP contribution >= 0.6 is 0 Å². The number of aliphatic carboxylic acids is 1. The van der Waals surface area contributed by atoms with E-state index >= 15 is 0 Å². The number of carboxylic acids is 1. The molecule has 0 unspecified atom stereocenters. The van der Waals surface area contributed by atoms with E-state index in [0.29, 0.717) is 0 Å². The largest absolute Gasteiger partial charge is 0.481 e. The zero-order valence-corrected chi connectivity index (χ0v) is 12.3. The Morgan fingerprint density at radius 1 is 1.13 bits per heavy atom. The van der Waals surface area contributed by atoms with Gasteiger partial charge in [0.05, 0.1) is 36.5 Å². The molecule has 7 heteroatoms. The summed E-state index contributed by atoms with van der Waals surface area (Å²) in [5, 5.41) is 12.0. The van der Waals surface area contributed by atoms with E-state index in [9.17, 15) is 19.5 Å². The summed E-state index contributed by atoms with van der Waals surface area (Å²) in [6.45, 7) is 0. The Morgan fingerprint density at radius 2 is 1.78 bits per heavy atom. The van der Waals surface area contributed by atoms with E-state index in [1.54, 1.807) is 30.4 Å². The first-order chi connectivity index (χ1) is 11.0. The number of hydrogen-bond acceptors (Lipinski definition) is 5. The van der Waals surface area contributed by atoms with E-state index in [4.69, 9.17) is 4.74 Å². The topological polar surface area (TPSA) is 102 Å². The Balaban J connectivity index is 1.84. The molecule has 1 aromatic carbocycles. The molecule has 0 aliphatic carbocycles. The molecule has 0 aromatic heterocycles. The number of fused-ring (bicyclic) bond motifs is 2. The van der Waals surface area contributed by atoms with Gasteiger partial charge >= 0.3 is 11.9 Å². The van der Waals surface area contributed by atoms with Crippen LogP contribution in [0.25, 0.3) is 0 Å². The monoisotopic (exact) mass is 317 g/mol. The molecule has 2 bridgehead atoms. The normalized spacial score (nSPS) is 27.7. The predicted molar refractivity (Wildman–Crippen MR) is 78.8 cm³/mol. The third kappa shape index (κ3) is 2.59. The lowest BCUT2D eigenvalue weighted by molar-refractivity contribution is -0.145.